The van der Waals surface area contributed by atoms with Gasteiger partial charge in [-0.1, -0.05) is 17.7 Å². The fraction of sp³-hybridized carbons (Fsp3) is 0.133. The highest BCUT2D eigenvalue weighted by atomic mass is 35.5. The Bertz CT molecular complexity index is 651. The number of nitrogens with one attached hydrogen (secondary N) is 1. The molecule has 0 aromatic heterocycles. The van der Waals surface area contributed by atoms with Crippen LogP contribution in [0.3, 0.4) is 0 Å². The molecule has 3 N–H and O–H groups in total. The fourth-order valence-electron chi connectivity index (χ4n) is 1.66. The SMILES string of the molecule is Nc1ccc(NC(=O)CCSc2cccc(F)c2)c(Cl)c1. The number of nitrogen functional groups attached to an aromatic ring is 1. The van der Waals surface area contributed by atoms with Crippen molar-refractivity contribution in [3.63, 3.8) is 0 Å². The lowest BCUT2D eigenvalue weighted by molar-refractivity contribution is -0.115. The Kier molecular flexibility index (Phi) is 5.47. The van der Waals surface area contributed by atoms with Crippen molar-refractivity contribution in [3.05, 3.63) is 53.3 Å². The molecule has 6 heteroatoms. The van der Waals surface area contributed by atoms with E-state index >= 15 is 0 Å². The van der Waals surface area contributed by atoms with Gasteiger partial charge in [0.05, 0.1) is 10.7 Å². The number of carbonyl (C=O) groups is 1. The van der Waals surface area contributed by atoms with Gasteiger partial charge in [-0.15, -0.1) is 11.8 Å². The lowest BCUT2D eigenvalue weighted by Crippen LogP contribution is -2.12. The van der Waals surface area contributed by atoms with Crippen molar-refractivity contribution >= 4 is 40.6 Å². The van der Waals surface area contributed by atoms with Crippen LogP contribution in [0.5, 0.6) is 0 Å². The average molecular weight is 325 g/mol. The lowest BCUT2D eigenvalue weighted by atomic mass is 10.3. The number of amides is 1. The van der Waals surface area contributed by atoms with Gasteiger partial charge < -0.3 is 11.1 Å². The van der Waals surface area contributed by atoms with Gasteiger partial charge in [-0.25, -0.2) is 4.39 Å². The van der Waals surface area contributed by atoms with Crippen LogP contribution in [0.25, 0.3) is 0 Å². The Morgan fingerprint density at radius 1 is 1.29 bits per heavy atom. The molecule has 0 heterocycles. The molecule has 0 bridgehead atoms. The Labute approximate surface area is 131 Å². The number of rotatable bonds is 5. The van der Waals surface area contributed by atoms with E-state index in [0.717, 1.165) is 4.90 Å². The van der Waals surface area contributed by atoms with Crippen LogP contribution in [-0.2, 0) is 4.79 Å². The van der Waals surface area contributed by atoms with Crippen molar-refractivity contribution in [1.82, 2.24) is 0 Å². The van der Waals surface area contributed by atoms with Crippen molar-refractivity contribution in [1.29, 1.82) is 0 Å². The number of halogens is 2. The summed E-state index contributed by atoms with van der Waals surface area (Å²) in [6, 6.07) is 11.2. The summed E-state index contributed by atoms with van der Waals surface area (Å²) in [6.45, 7) is 0. The first-order valence-corrected chi connectivity index (χ1v) is 7.64. The maximum atomic E-state index is 13.0. The van der Waals surface area contributed by atoms with E-state index in [-0.39, 0.29) is 11.7 Å². The molecule has 1 amide bonds. The number of carbonyl (C=O) groups excluding carboxylic acids is 1. The van der Waals surface area contributed by atoms with E-state index in [1.165, 1.54) is 23.9 Å². The summed E-state index contributed by atoms with van der Waals surface area (Å²) in [6.07, 6.45) is 0.307. The zero-order valence-electron chi connectivity index (χ0n) is 11.1. The van der Waals surface area contributed by atoms with E-state index in [4.69, 9.17) is 17.3 Å². The molecular formula is C15H14ClFN2OS. The van der Waals surface area contributed by atoms with Gasteiger partial charge in [-0.3, -0.25) is 4.79 Å². The minimum atomic E-state index is -0.280. The van der Waals surface area contributed by atoms with Crippen LogP contribution in [0, 0.1) is 5.82 Å². The smallest absolute Gasteiger partial charge is 0.225 e. The molecule has 0 fully saturated rings. The molecule has 0 saturated heterocycles. The van der Waals surface area contributed by atoms with E-state index in [2.05, 4.69) is 5.32 Å². The minimum absolute atomic E-state index is 0.148. The maximum absolute atomic E-state index is 13.0. The van der Waals surface area contributed by atoms with Crippen molar-refractivity contribution in [2.75, 3.05) is 16.8 Å². The van der Waals surface area contributed by atoms with Crippen LogP contribution in [0.2, 0.25) is 5.02 Å². The van der Waals surface area contributed by atoms with Crippen molar-refractivity contribution in [2.24, 2.45) is 0 Å². The molecule has 0 aliphatic rings. The summed E-state index contributed by atoms with van der Waals surface area (Å²) in [5.41, 5.74) is 6.66. The quantitative estimate of drug-likeness (QED) is 0.640. The summed E-state index contributed by atoms with van der Waals surface area (Å²) in [4.78, 5) is 12.6. The summed E-state index contributed by atoms with van der Waals surface area (Å²) >= 11 is 7.41. The third kappa shape index (κ3) is 4.95. The van der Waals surface area contributed by atoms with Crippen LogP contribution >= 0.6 is 23.4 Å². The van der Waals surface area contributed by atoms with Crippen LogP contribution in [0.15, 0.2) is 47.4 Å². The predicted octanol–water partition coefficient (Wildman–Crippen LogP) is 4.18. The van der Waals surface area contributed by atoms with E-state index in [1.807, 2.05) is 6.07 Å². The van der Waals surface area contributed by atoms with Gasteiger partial charge in [0.25, 0.3) is 0 Å². The van der Waals surface area contributed by atoms with E-state index < -0.39 is 0 Å². The molecule has 0 radical (unpaired) electrons. The van der Waals surface area contributed by atoms with Crippen LogP contribution in [0.4, 0.5) is 15.8 Å². The summed E-state index contributed by atoms with van der Waals surface area (Å²) in [5.74, 6) is 0.130. The van der Waals surface area contributed by atoms with Gasteiger partial charge in [0.2, 0.25) is 5.91 Å². The van der Waals surface area contributed by atoms with Gasteiger partial charge in [0.1, 0.15) is 5.82 Å². The first-order valence-electron chi connectivity index (χ1n) is 6.28. The molecule has 0 aliphatic heterocycles. The standard InChI is InChI=1S/C15H14ClFN2OS/c16-13-9-11(18)4-5-14(13)19-15(20)6-7-21-12-3-1-2-10(17)8-12/h1-5,8-9H,6-7,18H2,(H,19,20). The van der Waals surface area contributed by atoms with Gasteiger partial charge in [0, 0.05) is 22.8 Å². The van der Waals surface area contributed by atoms with Crippen LogP contribution in [-0.4, -0.2) is 11.7 Å². The highest BCUT2D eigenvalue weighted by molar-refractivity contribution is 7.99. The molecule has 0 aliphatic carbocycles. The number of thioether (sulfide) groups is 1. The summed E-state index contributed by atoms with van der Waals surface area (Å²) in [5, 5.41) is 3.13. The molecule has 2 aromatic rings. The van der Waals surface area contributed by atoms with Crippen LogP contribution < -0.4 is 11.1 Å². The lowest BCUT2D eigenvalue weighted by Gasteiger charge is -2.07. The largest absolute Gasteiger partial charge is 0.399 e. The zero-order chi connectivity index (χ0) is 15.2. The Morgan fingerprint density at radius 2 is 2.10 bits per heavy atom. The van der Waals surface area contributed by atoms with Gasteiger partial charge in [-0.2, -0.15) is 0 Å². The highest BCUT2D eigenvalue weighted by Crippen LogP contribution is 2.24. The molecule has 21 heavy (non-hydrogen) atoms. The molecule has 2 aromatic carbocycles. The normalized spacial score (nSPS) is 10.4. The highest BCUT2D eigenvalue weighted by Gasteiger charge is 2.06. The molecular weight excluding hydrogens is 311 g/mol. The second-order valence-corrected chi connectivity index (χ2v) is 5.92. The molecule has 2 rings (SSSR count). The van der Waals surface area contributed by atoms with Crippen molar-refractivity contribution in [2.45, 2.75) is 11.3 Å². The van der Waals surface area contributed by atoms with Gasteiger partial charge in [0.15, 0.2) is 0 Å². The molecule has 110 valence electrons. The number of benzene rings is 2. The number of hydrogen-bond acceptors (Lipinski definition) is 3. The van der Waals surface area contributed by atoms with E-state index in [9.17, 15) is 9.18 Å². The molecule has 0 saturated carbocycles. The molecule has 3 nitrogen and oxygen atoms in total. The minimum Gasteiger partial charge on any atom is -0.399 e. The second kappa shape index (κ2) is 7.33. The fourth-order valence-corrected chi connectivity index (χ4v) is 2.79. The Hall–Kier alpha value is -1.72. The monoisotopic (exact) mass is 324 g/mol. The van der Waals surface area contributed by atoms with Crippen molar-refractivity contribution < 1.29 is 9.18 Å². The molecule has 0 spiro atoms. The van der Waals surface area contributed by atoms with E-state index in [0.29, 0.717) is 28.6 Å². The third-order valence-corrected chi connectivity index (χ3v) is 3.97. The Balaban J connectivity index is 1.82. The number of nitrogens with two attached hydrogens (primary N) is 1. The summed E-state index contributed by atoms with van der Waals surface area (Å²) in [7, 11) is 0. The predicted molar refractivity (Wildman–Crippen MR) is 86.2 cm³/mol. The topological polar surface area (TPSA) is 55.1 Å². The zero-order valence-corrected chi connectivity index (χ0v) is 12.7. The molecule has 0 unspecified atom stereocenters. The van der Waals surface area contributed by atoms with Gasteiger partial charge >= 0.3 is 0 Å². The number of anilines is 2. The first kappa shape index (κ1) is 15.7. The summed E-state index contributed by atoms with van der Waals surface area (Å²) < 4.78 is 13.0. The average Bonchev–Trinajstić information content (AvgIpc) is 2.42. The van der Waals surface area contributed by atoms with Gasteiger partial charge in [-0.05, 0) is 36.4 Å². The van der Waals surface area contributed by atoms with E-state index in [1.54, 1.807) is 24.3 Å². The maximum Gasteiger partial charge on any atom is 0.225 e. The second-order valence-electron chi connectivity index (χ2n) is 4.34. The van der Waals surface area contributed by atoms with Crippen molar-refractivity contribution in [3.8, 4) is 0 Å². The Morgan fingerprint density at radius 3 is 2.81 bits per heavy atom. The molecule has 0 atom stereocenters. The van der Waals surface area contributed by atoms with Crippen LogP contribution in [0.1, 0.15) is 6.42 Å². The number of hydrogen-bond donors (Lipinski definition) is 2. The first-order chi connectivity index (χ1) is 10.0. The third-order valence-electron chi connectivity index (χ3n) is 2.66.